The van der Waals surface area contributed by atoms with Crippen molar-refractivity contribution in [3.05, 3.63) is 59.7 Å². The molecule has 7 nitrogen and oxygen atoms in total. The fraction of sp³-hybridized carbons (Fsp3) is 0.409. The molecule has 31 heavy (non-hydrogen) atoms. The number of nitrogens with one attached hydrogen (secondary N) is 1. The normalized spacial score (nSPS) is 14.7. The Morgan fingerprint density at radius 1 is 1.13 bits per heavy atom. The van der Waals surface area contributed by atoms with Gasteiger partial charge in [-0.25, -0.2) is 8.42 Å². The van der Waals surface area contributed by atoms with E-state index in [-0.39, 0.29) is 24.0 Å². The number of hydrogen-bond acceptors (Lipinski definition) is 4. The lowest BCUT2D eigenvalue weighted by molar-refractivity contribution is 0.396. The molecule has 0 aliphatic carbocycles. The van der Waals surface area contributed by atoms with E-state index in [2.05, 4.69) is 10.3 Å². The van der Waals surface area contributed by atoms with Crippen LogP contribution in [0.2, 0.25) is 0 Å². The van der Waals surface area contributed by atoms with Gasteiger partial charge in [-0.2, -0.15) is 4.31 Å². The third-order valence-electron chi connectivity index (χ3n) is 5.25. The number of ether oxygens (including phenoxy) is 1. The molecule has 1 aliphatic heterocycles. The molecule has 1 saturated heterocycles. The molecule has 170 valence electrons. The summed E-state index contributed by atoms with van der Waals surface area (Å²) in [7, 11) is 2.00. The molecule has 0 atom stereocenters. The minimum atomic E-state index is -3.38. The SMILES string of the molecule is CN=C(NCc1ccc(S(=O)(=O)N2CCCC2)cc1)N(C)Cc1ccccc1OC.I. The highest BCUT2D eigenvalue weighted by Crippen LogP contribution is 2.21. The quantitative estimate of drug-likeness (QED) is 0.321. The smallest absolute Gasteiger partial charge is 0.243 e. The van der Waals surface area contributed by atoms with Crippen LogP contribution in [0.1, 0.15) is 24.0 Å². The predicted octanol–water partition coefficient (Wildman–Crippen LogP) is 3.31. The standard InChI is InChI=1S/C22H30N4O3S.HI/c1-23-22(25(2)17-19-8-4-5-9-21(19)29-3)24-16-18-10-12-20(13-11-18)30(27,28)26-14-6-7-15-26;/h4-5,8-13H,6-7,14-17H2,1-3H3,(H,23,24);1H. The molecule has 3 rings (SSSR count). The maximum atomic E-state index is 12.6. The van der Waals surface area contributed by atoms with Gasteiger partial charge in [0.1, 0.15) is 5.75 Å². The Kier molecular flexibility index (Phi) is 9.57. The van der Waals surface area contributed by atoms with E-state index in [0.29, 0.717) is 31.1 Å². The number of para-hydroxylation sites is 1. The Morgan fingerprint density at radius 2 is 1.77 bits per heavy atom. The van der Waals surface area contributed by atoms with Crippen molar-refractivity contribution >= 4 is 40.0 Å². The number of methoxy groups -OCH3 is 1. The highest BCUT2D eigenvalue weighted by atomic mass is 127. The largest absolute Gasteiger partial charge is 0.496 e. The molecule has 9 heteroatoms. The Morgan fingerprint density at radius 3 is 2.39 bits per heavy atom. The van der Waals surface area contributed by atoms with Crippen LogP contribution >= 0.6 is 24.0 Å². The Balaban J connectivity index is 0.00000341. The molecule has 0 aromatic heterocycles. The van der Waals surface area contributed by atoms with Gasteiger partial charge in [-0.3, -0.25) is 4.99 Å². The summed E-state index contributed by atoms with van der Waals surface area (Å²) in [6, 6.07) is 15.0. The molecular weight excluding hydrogens is 527 g/mol. The highest BCUT2D eigenvalue weighted by Gasteiger charge is 2.26. The molecule has 0 amide bonds. The van der Waals surface area contributed by atoms with Crippen molar-refractivity contribution in [2.45, 2.75) is 30.8 Å². The van der Waals surface area contributed by atoms with E-state index in [1.807, 2.05) is 48.3 Å². The second-order valence-electron chi connectivity index (χ2n) is 7.32. The summed E-state index contributed by atoms with van der Waals surface area (Å²) < 4.78 is 32.3. The van der Waals surface area contributed by atoms with Crippen LogP contribution in [-0.4, -0.2) is 57.9 Å². The zero-order valence-electron chi connectivity index (χ0n) is 18.2. The summed E-state index contributed by atoms with van der Waals surface area (Å²) in [5.41, 5.74) is 2.06. The highest BCUT2D eigenvalue weighted by molar-refractivity contribution is 14.0. The molecule has 0 spiro atoms. The van der Waals surface area contributed by atoms with E-state index >= 15 is 0 Å². The number of nitrogens with zero attached hydrogens (tertiary/aromatic N) is 3. The first kappa shape index (κ1) is 25.4. The second-order valence-corrected chi connectivity index (χ2v) is 9.26. The van der Waals surface area contributed by atoms with Crippen molar-refractivity contribution in [2.24, 2.45) is 4.99 Å². The average Bonchev–Trinajstić information content (AvgIpc) is 3.31. The Bertz CT molecular complexity index is 975. The van der Waals surface area contributed by atoms with E-state index in [9.17, 15) is 8.42 Å². The lowest BCUT2D eigenvalue weighted by Crippen LogP contribution is -2.38. The number of halogens is 1. The molecule has 1 N–H and O–H groups in total. The van der Waals surface area contributed by atoms with Crippen LogP contribution in [0.5, 0.6) is 5.75 Å². The maximum absolute atomic E-state index is 12.6. The fourth-order valence-electron chi connectivity index (χ4n) is 3.59. The first-order chi connectivity index (χ1) is 14.5. The third-order valence-corrected chi connectivity index (χ3v) is 7.16. The number of benzene rings is 2. The van der Waals surface area contributed by atoms with Crippen LogP contribution in [-0.2, 0) is 23.1 Å². The van der Waals surface area contributed by atoms with Gasteiger partial charge in [-0.1, -0.05) is 30.3 Å². The minimum Gasteiger partial charge on any atom is -0.496 e. The van der Waals surface area contributed by atoms with Gasteiger partial charge in [-0.15, -0.1) is 24.0 Å². The van der Waals surface area contributed by atoms with Crippen LogP contribution in [0.4, 0.5) is 0 Å². The topological polar surface area (TPSA) is 74.2 Å². The molecule has 2 aromatic carbocycles. The van der Waals surface area contributed by atoms with Crippen molar-refractivity contribution in [3.8, 4) is 5.75 Å². The lowest BCUT2D eigenvalue weighted by atomic mass is 10.2. The second kappa shape index (κ2) is 11.7. The van der Waals surface area contributed by atoms with Crippen molar-refractivity contribution in [2.75, 3.05) is 34.3 Å². The van der Waals surface area contributed by atoms with Gasteiger partial charge in [0.2, 0.25) is 10.0 Å². The van der Waals surface area contributed by atoms with E-state index in [4.69, 9.17) is 4.74 Å². The van der Waals surface area contributed by atoms with Crippen LogP contribution in [0.25, 0.3) is 0 Å². The molecule has 0 bridgehead atoms. The first-order valence-electron chi connectivity index (χ1n) is 10.1. The van der Waals surface area contributed by atoms with Crippen molar-refractivity contribution in [1.29, 1.82) is 0 Å². The predicted molar refractivity (Wildman–Crippen MR) is 135 cm³/mol. The van der Waals surface area contributed by atoms with Crippen LogP contribution in [0, 0.1) is 0 Å². The van der Waals surface area contributed by atoms with Crippen molar-refractivity contribution < 1.29 is 13.2 Å². The van der Waals surface area contributed by atoms with Crippen LogP contribution < -0.4 is 10.1 Å². The van der Waals surface area contributed by atoms with Gasteiger partial charge in [0, 0.05) is 45.8 Å². The first-order valence-corrected chi connectivity index (χ1v) is 11.5. The van der Waals surface area contributed by atoms with Crippen molar-refractivity contribution in [1.82, 2.24) is 14.5 Å². The number of guanidine groups is 1. The zero-order valence-corrected chi connectivity index (χ0v) is 21.4. The molecule has 1 heterocycles. The van der Waals surface area contributed by atoms with Crippen molar-refractivity contribution in [3.63, 3.8) is 0 Å². The average molecular weight is 558 g/mol. The number of aliphatic imine (C=N–C) groups is 1. The number of hydrogen-bond donors (Lipinski definition) is 1. The molecule has 1 aliphatic rings. The number of sulfonamides is 1. The lowest BCUT2D eigenvalue weighted by Gasteiger charge is -2.23. The maximum Gasteiger partial charge on any atom is 0.243 e. The molecular formula is C22H31IN4O3S. The third kappa shape index (κ3) is 6.33. The van der Waals surface area contributed by atoms with Crippen LogP contribution in [0.3, 0.4) is 0 Å². The van der Waals surface area contributed by atoms with E-state index in [1.54, 1.807) is 30.6 Å². The van der Waals surface area contributed by atoms with Gasteiger partial charge < -0.3 is 15.0 Å². The van der Waals surface area contributed by atoms with Gasteiger partial charge in [-0.05, 0) is 36.6 Å². The summed E-state index contributed by atoms with van der Waals surface area (Å²) >= 11 is 0. The number of rotatable bonds is 7. The van der Waals surface area contributed by atoms with Gasteiger partial charge >= 0.3 is 0 Å². The summed E-state index contributed by atoms with van der Waals surface area (Å²) in [6.07, 6.45) is 1.87. The fourth-order valence-corrected chi connectivity index (χ4v) is 5.10. The Hall–Kier alpha value is -1.85. The summed E-state index contributed by atoms with van der Waals surface area (Å²) in [6.45, 7) is 2.42. The Labute approximate surface area is 202 Å². The zero-order chi connectivity index (χ0) is 21.6. The minimum absolute atomic E-state index is 0. The van der Waals surface area contributed by atoms with E-state index in [1.165, 1.54) is 0 Å². The molecule has 0 unspecified atom stereocenters. The van der Waals surface area contributed by atoms with E-state index < -0.39 is 10.0 Å². The van der Waals surface area contributed by atoms with Gasteiger partial charge in [0.15, 0.2) is 5.96 Å². The summed E-state index contributed by atoms with van der Waals surface area (Å²) in [4.78, 5) is 6.72. The molecule has 0 radical (unpaired) electrons. The molecule has 0 saturated carbocycles. The van der Waals surface area contributed by atoms with Gasteiger partial charge in [0.25, 0.3) is 0 Å². The van der Waals surface area contributed by atoms with Crippen LogP contribution in [0.15, 0.2) is 58.4 Å². The molecule has 1 fully saturated rings. The van der Waals surface area contributed by atoms with E-state index in [0.717, 1.165) is 35.7 Å². The summed E-state index contributed by atoms with van der Waals surface area (Å²) in [5, 5.41) is 3.33. The van der Waals surface area contributed by atoms with Gasteiger partial charge in [0.05, 0.1) is 12.0 Å². The molecule has 2 aromatic rings. The summed E-state index contributed by atoms with van der Waals surface area (Å²) in [5.74, 6) is 1.59. The monoisotopic (exact) mass is 558 g/mol.